The molecule has 1 aromatic rings. The van der Waals surface area contributed by atoms with E-state index in [1.807, 2.05) is 20.0 Å². The Bertz CT molecular complexity index is 787. The first-order chi connectivity index (χ1) is 13.6. The highest BCUT2D eigenvalue weighted by Gasteiger charge is 2.58. The van der Waals surface area contributed by atoms with Crippen molar-refractivity contribution in [3.05, 3.63) is 28.2 Å². The van der Waals surface area contributed by atoms with Gasteiger partial charge in [-0.2, -0.15) is 0 Å². The van der Waals surface area contributed by atoms with Crippen molar-refractivity contribution in [1.29, 1.82) is 0 Å². The average molecular weight is 402 g/mol. The van der Waals surface area contributed by atoms with Gasteiger partial charge in [-0.3, -0.25) is 19.5 Å². The molecular weight excluding hydrogens is 374 g/mol. The van der Waals surface area contributed by atoms with Gasteiger partial charge >= 0.3 is 0 Å². The molecule has 1 aromatic heterocycles. The number of nitrogens with one attached hydrogen (secondary N) is 2. The van der Waals surface area contributed by atoms with Gasteiger partial charge in [-0.1, -0.05) is 12.2 Å². The van der Waals surface area contributed by atoms with Crippen LogP contribution in [0, 0.1) is 30.6 Å². The molecule has 2 amide bonds. The summed E-state index contributed by atoms with van der Waals surface area (Å²) in [4.78, 5) is 37.0. The molecule has 4 unspecified atom stereocenters. The van der Waals surface area contributed by atoms with Crippen molar-refractivity contribution in [3.8, 4) is 0 Å². The number of guanidine groups is 1. The van der Waals surface area contributed by atoms with Crippen molar-refractivity contribution in [2.75, 3.05) is 26.2 Å². The minimum atomic E-state index is -0.119. The number of hydrogen-bond donors (Lipinski definition) is 2. The number of aromatic nitrogens is 1. The maximum Gasteiger partial charge on any atom is 0.233 e. The van der Waals surface area contributed by atoms with E-state index < -0.39 is 0 Å². The molecule has 0 spiro atoms. The van der Waals surface area contributed by atoms with Crippen molar-refractivity contribution in [3.63, 3.8) is 0 Å². The average Bonchev–Trinajstić information content (AvgIpc) is 3.43. The molecule has 4 rings (SSSR count). The van der Waals surface area contributed by atoms with Crippen molar-refractivity contribution >= 4 is 29.1 Å². The fourth-order valence-electron chi connectivity index (χ4n) is 4.59. The molecule has 2 aliphatic carbocycles. The minimum Gasteiger partial charge on any atom is -0.357 e. The lowest BCUT2D eigenvalue weighted by atomic mass is 9.85. The zero-order chi connectivity index (χ0) is 19.7. The summed E-state index contributed by atoms with van der Waals surface area (Å²) in [5, 5.41) is 7.54. The van der Waals surface area contributed by atoms with E-state index in [9.17, 15) is 9.59 Å². The van der Waals surface area contributed by atoms with E-state index in [0.717, 1.165) is 24.4 Å². The summed E-state index contributed by atoms with van der Waals surface area (Å²) >= 11 is 1.69. The summed E-state index contributed by atoms with van der Waals surface area (Å²) < 4.78 is 0. The second kappa shape index (κ2) is 8.03. The van der Waals surface area contributed by atoms with Gasteiger partial charge in [0.15, 0.2) is 5.96 Å². The first kappa shape index (κ1) is 19.1. The number of rotatable bonds is 7. The van der Waals surface area contributed by atoms with Crippen LogP contribution in [0.5, 0.6) is 0 Å². The Morgan fingerprint density at radius 1 is 1.25 bits per heavy atom. The van der Waals surface area contributed by atoms with Crippen LogP contribution >= 0.6 is 11.3 Å². The summed E-state index contributed by atoms with van der Waals surface area (Å²) in [5.74, 6) is 1.01. The normalized spacial score (nSPS) is 28.4. The Kier molecular flexibility index (Phi) is 5.48. The number of thiazole rings is 1. The van der Waals surface area contributed by atoms with Gasteiger partial charge in [-0.15, -0.1) is 11.3 Å². The second-order valence-electron chi connectivity index (χ2n) is 7.63. The predicted molar refractivity (Wildman–Crippen MR) is 109 cm³/mol. The molecule has 2 heterocycles. The molecule has 150 valence electrons. The number of fused-ring (bicyclic) bond motifs is 5. The van der Waals surface area contributed by atoms with E-state index in [2.05, 4.69) is 32.8 Å². The van der Waals surface area contributed by atoms with Crippen LogP contribution in [0.25, 0.3) is 0 Å². The smallest absolute Gasteiger partial charge is 0.233 e. The maximum absolute atomic E-state index is 12.7. The lowest BCUT2D eigenvalue weighted by Crippen LogP contribution is -2.43. The quantitative estimate of drug-likeness (QED) is 0.312. The van der Waals surface area contributed by atoms with Gasteiger partial charge in [-0.25, -0.2) is 4.98 Å². The largest absolute Gasteiger partial charge is 0.357 e. The third-order valence-corrected chi connectivity index (χ3v) is 6.77. The molecule has 4 atom stereocenters. The number of amides is 2. The number of carbonyl (C=O) groups excluding carboxylic acids is 2. The van der Waals surface area contributed by atoms with E-state index >= 15 is 0 Å². The summed E-state index contributed by atoms with van der Waals surface area (Å²) in [5.41, 5.74) is 0. The third-order valence-electron chi connectivity index (χ3n) is 5.80. The van der Waals surface area contributed by atoms with Gasteiger partial charge in [0.1, 0.15) is 0 Å². The second-order valence-corrected chi connectivity index (χ2v) is 8.95. The molecule has 8 heteroatoms. The standard InChI is InChI=1S/C20H27N5O2S/c1-3-21-20(22-7-6-15-24-11-12(2)28-15)23-8-9-25-18(26)16-13-4-5-14(10-13)17(16)19(25)27/h4-5,11,13-14,16-17H,3,6-10H2,1-2H3,(H2,21,22,23). The maximum atomic E-state index is 12.7. The highest BCUT2D eigenvalue weighted by Crippen LogP contribution is 2.52. The molecule has 1 saturated heterocycles. The van der Waals surface area contributed by atoms with Crippen LogP contribution in [-0.2, 0) is 16.0 Å². The van der Waals surface area contributed by atoms with E-state index in [-0.39, 0.29) is 35.5 Å². The van der Waals surface area contributed by atoms with Crippen LogP contribution in [0.3, 0.4) is 0 Å². The number of allylic oxidation sites excluding steroid dienone is 2. The number of carbonyl (C=O) groups is 2. The molecule has 0 aromatic carbocycles. The van der Waals surface area contributed by atoms with Crippen molar-refractivity contribution in [2.45, 2.75) is 26.7 Å². The number of aliphatic imine (C=N–C) groups is 1. The van der Waals surface area contributed by atoms with Crippen LogP contribution in [0.15, 0.2) is 23.3 Å². The topological polar surface area (TPSA) is 86.7 Å². The number of aryl methyl sites for hydroxylation is 1. The summed E-state index contributed by atoms with van der Waals surface area (Å²) in [6.45, 7) is 6.35. The molecule has 0 radical (unpaired) electrons. The molecule has 7 nitrogen and oxygen atoms in total. The number of nitrogens with zero attached hydrogens (tertiary/aromatic N) is 3. The fraction of sp³-hybridized carbons (Fsp3) is 0.600. The lowest BCUT2D eigenvalue weighted by Gasteiger charge is -2.18. The van der Waals surface area contributed by atoms with E-state index in [1.54, 1.807) is 11.3 Å². The molecular formula is C20H27N5O2S. The number of likely N-dealkylation sites (tertiary alicyclic amines) is 1. The van der Waals surface area contributed by atoms with E-state index in [1.165, 1.54) is 9.78 Å². The first-order valence-electron chi connectivity index (χ1n) is 10.1. The van der Waals surface area contributed by atoms with Gasteiger partial charge in [0.05, 0.1) is 16.8 Å². The monoisotopic (exact) mass is 401 g/mol. The Morgan fingerprint density at radius 3 is 2.57 bits per heavy atom. The van der Waals surface area contributed by atoms with Crippen LogP contribution < -0.4 is 10.6 Å². The Labute approximate surface area is 169 Å². The Hall–Kier alpha value is -2.22. The van der Waals surface area contributed by atoms with E-state index in [4.69, 9.17) is 0 Å². The zero-order valence-corrected chi connectivity index (χ0v) is 17.2. The third kappa shape index (κ3) is 3.57. The van der Waals surface area contributed by atoms with Gasteiger partial charge in [0.25, 0.3) is 0 Å². The van der Waals surface area contributed by atoms with Crippen LogP contribution in [-0.4, -0.2) is 53.8 Å². The molecule has 2 N–H and O–H groups in total. The highest BCUT2D eigenvalue weighted by atomic mass is 32.1. The molecule has 2 bridgehead atoms. The Morgan fingerprint density at radius 2 is 1.96 bits per heavy atom. The zero-order valence-electron chi connectivity index (χ0n) is 16.4. The van der Waals surface area contributed by atoms with Crippen molar-refractivity contribution < 1.29 is 9.59 Å². The molecule has 1 aliphatic heterocycles. The number of hydrogen-bond acceptors (Lipinski definition) is 5. The molecule has 2 fully saturated rings. The highest BCUT2D eigenvalue weighted by molar-refractivity contribution is 7.11. The summed E-state index contributed by atoms with van der Waals surface area (Å²) in [6, 6.07) is 0. The van der Waals surface area contributed by atoms with Crippen molar-refractivity contribution in [2.24, 2.45) is 28.7 Å². The first-order valence-corrected chi connectivity index (χ1v) is 10.9. The summed E-state index contributed by atoms with van der Waals surface area (Å²) in [7, 11) is 0. The van der Waals surface area contributed by atoms with Crippen LogP contribution in [0.1, 0.15) is 23.2 Å². The predicted octanol–water partition coefficient (Wildman–Crippen LogP) is 1.36. The number of imide groups is 1. The molecule has 1 saturated carbocycles. The fourth-order valence-corrected chi connectivity index (χ4v) is 5.37. The van der Waals surface area contributed by atoms with E-state index in [0.29, 0.717) is 25.6 Å². The summed E-state index contributed by atoms with van der Waals surface area (Å²) in [6.07, 6.45) is 7.90. The van der Waals surface area contributed by atoms with Gasteiger partial charge in [0.2, 0.25) is 11.8 Å². The van der Waals surface area contributed by atoms with Crippen LogP contribution in [0.2, 0.25) is 0 Å². The molecule has 28 heavy (non-hydrogen) atoms. The molecule has 3 aliphatic rings. The SMILES string of the molecule is CCNC(=NCCc1ncc(C)s1)NCCN1C(=O)C2C3C=CC(C3)C2C1=O. The van der Waals surface area contributed by atoms with Crippen LogP contribution in [0.4, 0.5) is 0 Å². The Balaban J connectivity index is 1.28. The van der Waals surface area contributed by atoms with Crippen molar-refractivity contribution in [1.82, 2.24) is 20.5 Å². The van der Waals surface area contributed by atoms with Gasteiger partial charge in [-0.05, 0) is 32.1 Å². The van der Waals surface area contributed by atoms with Gasteiger partial charge in [0, 0.05) is 43.7 Å². The lowest BCUT2D eigenvalue weighted by molar-refractivity contribution is -0.140. The van der Waals surface area contributed by atoms with Gasteiger partial charge < -0.3 is 10.6 Å². The minimum absolute atomic E-state index is 0.00901.